The molecule has 11 heteroatoms. The normalized spacial score (nSPS) is 16.1. The van der Waals surface area contributed by atoms with E-state index in [9.17, 15) is 21.6 Å². The lowest BCUT2D eigenvalue weighted by atomic mass is 9.76. The second-order valence-electron chi connectivity index (χ2n) is 16.0. The molecular weight excluding hydrogens is 803 g/mol. The van der Waals surface area contributed by atoms with Gasteiger partial charge >= 0.3 is 23.3 Å². The van der Waals surface area contributed by atoms with Crippen LogP contribution in [0, 0.1) is 0 Å². The molecule has 0 atom stereocenters. The first-order valence-electron chi connectivity index (χ1n) is 20.3. The molecule has 8 aromatic rings. The Morgan fingerprint density at radius 2 is 0.883 bits per heavy atom. The number of hydrogen-bond donors (Lipinski definition) is 1. The molecule has 0 bridgehead atoms. The first kappa shape index (κ1) is 37.3. The molecule has 0 aromatic heterocycles. The molecule has 8 aromatic carbocycles. The molecule has 0 unspecified atom stereocenters. The summed E-state index contributed by atoms with van der Waals surface area (Å²) in [5.41, 5.74) is 1.82. The van der Waals surface area contributed by atoms with Crippen LogP contribution in [0.25, 0.3) is 76.5 Å². The third kappa shape index (κ3) is 5.86. The number of aryl methyl sites for hydroxylation is 2. The number of halogens is 3. The Balaban J connectivity index is 1.31. The lowest BCUT2D eigenvalue weighted by Gasteiger charge is -2.28. The standard InChI is InChI=1S/C49H37F3NO5PS/c50-49(51,52)60(55,56)53-59(54)57-47-43(41-25-29-13-1-5-17-33(29)37-21-9-11-23-39(37)41)27-31-15-3-7-19-35(31)45(47)46-36-20-8-4-16-32(36)28-44(48(46)58-59)42-26-30-14-2-6-18-34(30)38-22-10-12-24-40(38)42/h1-2,5-6,9-14,17-18,21-28H,3-4,7-8,15-16,19-20H2,(H,53,54). The van der Waals surface area contributed by atoms with Crippen molar-refractivity contribution in [2.24, 2.45) is 0 Å². The topological polar surface area (TPSA) is 81.7 Å². The first-order valence-corrected chi connectivity index (χ1v) is 23.3. The lowest BCUT2D eigenvalue weighted by Crippen LogP contribution is -2.36. The summed E-state index contributed by atoms with van der Waals surface area (Å²) in [7, 11) is -11.7. The highest BCUT2D eigenvalue weighted by Gasteiger charge is 2.53. The second kappa shape index (κ2) is 13.7. The smallest absolute Gasteiger partial charge is 0.403 e. The van der Waals surface area contributed by atoms with Crippen molar-refractivity contribution in [2.75, 3.05) is 0 Å². The Hall–Kier alpha value is -5.67. The lowest BCUT2D eigenvalue weighted by molar-refractivity contribution is -0.0443. The van der Waals surface area contributed by atoms with Gasteiger partial charge in [-0.1, -0.05) is 102 Å². The summed E-state index contributed by atoms with van der Waals surface area (Å²) in [6, 6.07) is 39.8. The van der Waals surface area contributed by atoms with E-state index in [1.807, 2.05) is 121 Å². The SMILES string of the molecule is O=P1(NS(=O)(=O)C(F)(F)F)Oc2c(-c3cc4ccccc4c4ccccc34)cc3c(c2-c2c4c(cc(-c5cc6ccccc6c6ccccc56)c2O1)CCCC4)CCCC3. The highest BCUT2D eigenvalue weighted by Crippen LogP contribution is 2.63. The predicted octanol–water partition coefficient (Wildman–Crippen LogP) is 13.4. The van der Waals surface area contributed by atoms with E-state index < -0.39 is 23.3 Å². The van der Waals surface area contributed by atoms with Crippen molar-refractivity contribution < 1.29 is 35.2 Å². The molecule has 3 aliphatic rings. The minimum absolute atomic E-state index is 0.0383. The molecule has 0 saturated carbocycles. The van der Waals surface area contributed by atoms with Crippen LogP contribution in [0.1, 0.15) is 47.9 Å². The molecule has 0 radical (unpaired) electrons. The maximum absolute atomic E-state index is 15.5. The van der Waals surface area contributed by atoms with E-state index in [0.29, 0.717) is 46.2 Å². The van der Waals surface area contributed by atoms with Crippen molar-refractivity contribution in [3.05, 3.63) is 144 Å². The van der Waals surface area contributed by atoms with Gasteiger partial charge in [-0.2, -0.15) is 13.2 Å². The van der Waals surface area contributed by atoms with Gasteiger partial charge in [0.25, 0.3) is 0 Å². The number of nitrogens with one attached hydrogen (secondary N) is 1. The van der Waals surface area contributed by atoms with E-state index in [1.165, 1.54) is 4.49 Å². The fourth-order valence-electron chi connectivity index (χ4n) is 9.94. The third-order valence-electron chi connectivity index (χ3n) is 12.5. The second-order valence-corrected chi connectivity index (χ2v) is 19.6. The predicted molar refractivity (Wildman–Crippen MR) is 233 cm³/mol. The maximum Gasteiger partial charge on any atom is 0.526 e. The van der Waals surface area contributed by atoms with Crippen molar-refractivity contribution in [2.45, 2.75) is 56.9 Å². The average Bonchev–Trinajstić information content (AvgIpc) is 3.39. The van der Waals surface area contributed by atoms with Gasteiger partial charge in [0.05, 0.1) is 0 Å². The molecule has 1 heterocycles. The van der Waals surface area contributed by atoms with Gasteiger partial charge in [0.1, 0.15) is 11.5 Å². The van der Waals surface area contributed by atoms with Crippen molar-refractivity contribution in [3.63, 3.8) is 0 Å². The van der Waals surface area contributed by atoms with E-state index in [4.69, 9.17) is 9.05 Å². The number of rotatable bonds is 4. The fraction of sp³-hybridized carbons (Fsp3) is 0.184. The van der Waals surface area contributed by atoms with Gasteiger partial charge in [0.15, 0.2) is 0 Å². The summed E-state index contributed by atoms with van der Waals surface area (Å²) in [4.78, 5) is 0. The van der Waals surface area contributed by atoms with E-state index in [-0.39, 0.29) is 11.5 Å². The first-order chi connectivity index (χ1) is 29.0. The summed E-state index contributed by atoms with van der Waals surface area (Å²) < 4.78 is 99.1. The van der Waals surface area contributed by atoms with Crippen molar-refractivity contribution in [1.29, 1.82) is 0 Å². The third-order valence-corrected chi connectivity index (χ3v) is 15.8. The van der Waals surface area contributed by atoms with Crippen LogP contribution in [0.5, 0.6) is 11.5 Å². The molecule has 0 saturated heterocycles. The zero-order valence-electron chi connectivity index (χ0n) is 32.2. The van der Waals surface area contributed by atoms with E-state index >= 15 is 4.57 Å². The van der Waals surface area contributed by atoms with Crippen LogP contribution < -0.4 is 13.5 Å². The van der Waals surface area contributed by atoms with Crippen LogP contribution >= 0.6 is 7.75 Å². The van der Waals surface area contributed by atoms with Crippen LogP contribution in [0.3, 0.4) is 0 Å². The summed E-state index contributed by atoms with van der Waals surface area (Å²) in [5.74, 6) is 0.0765. The van der Waals surface area contributed by atoms with Crippen molar-refractivity contribution in [1.82, 2.24) is 4.49 Å². The van der Waals surface area contributed by atoms with Gasteiger partial charge in [0, 0.05) is 22.3 Å². The molecule has 1 N–H and O–H groups in total. The Morgan fingerprint density at radius 1 is 0.500 bits per heavy atom. The Bertz CT molecular complexity index is 3110. The van der Waals surface area contributed by atoms with Gasteiger partial charge in [-0.3, -0.25) is 0 Å². The molecule has 0 spiro atoms. The van der Waals surface area contributed by atoms with Crippen molar-refractivity contribution in [3.8, 4) is 44.9 Å². The van der Waals surface area contributed by atoms with Gasteiger partial charge in [0.2, 0.25) is 0 Å². The maximum atomic E-state index is 15.5. The Labute approximate surface area is 344 Å². The molecule has 2 aliphatic carbocycles. The fourth-order valence-corrected chi connectivity index (χ4v) is 12.7. The molecular formula is C49H37F3NO5PS. The average molecular weight is 840 g/mol. The van der Waals surface area contributed by atoms with Crippen LogP contribution in [-0.4, -0.2) is 13.9 Å². The molecule has 11 rings (SSSR count). The van der Waals surface area contributed by atoms with Crippen molar-refractivity contribution >= 4 is 60.9 Å². The minimum Gasteiger partial charge on any atom is -0.403 e. The van der Waals surface area contributed by atoms with Crippen LogP contribution in [0.2, 0.25) is 0 Å². The largest absolute Gasteiger partial charge is 0.526 e. The number of benzene rings is 8. The van der Waals surface area contributed by atoms with E-state index in [1.54, 1.807) is 0 Å². The zero-order chi connectivity index (χ0) is 41.0. The number of fused-ring (bicyclic) bond motifs is 13. The summed E-state index contributed by atoms with van der Waals surface area (Å²) in [6.07, 6.45) is 6.32. The molecule has 1 aliphatic heterocycles. The highest BCUT2D eigenvalue weighted by atomic mass is 32.2. The summed E-state index contributed by atoms with van der Waals surface area (Å²) >= 11 is 0. The Morgan fingerprint density at radius 3 is 1.32 bits per heavy atom. The molecule has 60 heavy (non-hydrogen) atoms. The Kier molecular flexibility index (Phi) is 8.51. The monoisotopic (exact) mass is 839 g/mol. The highest BCUT2D eigenvalue weighted by molar-refractivity contribution is 7.95. The number of alkyl halides is 3. The van der Waals surface area contributed by atoms with Gasteiger partial charge in [-0.25, -0.2) is 13.0 Å². The molecule has 0 amide bonds. The van der Waals surface area contributed by atoms with Gasteiger partial charge in [-0.15, -0.1) is 0 Å². The van der Waals surface area contributed by atoms with Crippen LogP contribution in [-0.2, 0) is 40.3 Å². The van der Waals surface area contributed by atoms with Crippen LogP contribution in [0.4, 0.5) is 13.2 Å². The van der Waals surface area contributed by atoms with Gasteiger partial charge in [-0.05, 0) is 152 Å². The quantitative estimate of drug-likeness (QED) is 0.141. The minimum atomic E-state index is -6.26. The molecule has 300 valence electrons. The zero-order valence-corrected chi connectivity index (χ0v) is 33.9. The molecule has 6 nitrogen and oxygen atoms in total. The van der Waals surface area contributed by atoms with Crippen LogP contribution in [0.15, 0.2) is 121 Å². The number of sulfonamides is 1. The van der Waals surface area contributed by atoms with E-state index in [0.717, 1.165) is 104 Å². The summed E-state index contributed by atoms with van der Waals surface area (Å²) in [6.45, 7) is 0. The number of hydrogen-bond acceptors (Lipinski definition) is 5. The summed E-state index contributed by atoms with van der Waals surface area (Å²) in [5, 5.41) is 7.48. The molecule has 0 fully saturated rings. The van der Waals surface area contributed by atoms with Gasteiger partial charge < -0.3 is 9.05 Å². The van der Waals surface area contributed by atoms with E-state index in [2.05, 4.69) is 0 Å².